The highest BCUT2D eigenvalue weighted by Gasteiger charge is 2.47. The summed E-state index contributed by atoms with van der Waals surface area (Å²) in [6, 6.07) is 15.1. The minimum atomic E-state index is 0.310. The van der Waals surface area contributed by atoms with Crippen LogP contribution in [0.3, 0.4) is 0 Å². The van der Waals surface area contributed by atoms with E-state index in [2.05, 4.69) is 49.4 Å². The SMILES string of the molecule is Cc1cccc2c1C1OC1c1ccccc1-2. The molecule has 1 saturated heterocycles. The Balaban J connectivity index is 2.10. The molecule has 1 heterocycles. The quantitative estimate of drug-likeness (QED) is 0.600. The van der Waals surface area contributed by atoms with Gasteiger partial charge >= 0.3 is 0 Å². The van der Waals surface area contributed by atoms with Gasteiger partial charge in [0.1, 0.15) is 12.2 Å². The second-order valence-corrected chi connectivity index (χ2v) is 4.60. The molecule has 2 aromatic carbocycles. The third kappa shape index (κ3) is 0.940. The first kappa shape index (κ1) is 8.54. The molecular weight excluding hydrogens is 196 g/mol. The molecule has 2 unspecified atom stereocenters. The first-order valence-corrected chi connectivity index (χ1v) is 5.70. The Morgan fingerprint density at radius 1 is 0.875 bits per heavy atom. The second kappa shape index (κ2) is 2.74. The van der Waals surface area contributed by atoms with E-state index in [0.29, 0.717) is 12.2 Å². The smallest absolute Gasteiger partial charge is 0.115 e. The normalized spacial score (nSPS) is 24.3. The Bertz CT molecular complexity index is 586. The van der Waals surface area contributed by atoms with Crippen molar-refractivity contribution in [2.75, 3.05) is 0 Å². The molecule has 16 heavy (non-hydrogen) atoms. The van der Waals surface area contributed by atoms with E-state index in [1.54, 1.807) is 0 Å². The molecular formula is C15H12O. The van der Waals surface area contributed by atoms with E-state index in [9.17, 15) is 0 Å². The van der Waals surface area contributed by atoms with Crippen LogP contribution in [0.4, 0.5) is 0 Å². The zero-order valence-electron chi connectivity index (χ0n) is 9.10. The molecule has 1 aliphatic carbocycles. The molecule has 0 radical (unpaired) electrons. The molecule has 2 aromatic rings. The number of aryl methyl sites for hydroxylation is 1. The van der Waals surface area contributed by atoms with E-state index in [1.165, 1.54) is 27.8 Å². The van der Waals surface area contributed by atoms with Gasteiger partial charge in [0.25, 0.3) is 0 Å². The van der Waals surface area contributed by atoms with Gasteiger partial charge in [-0.2, -0.15) is 0 Å². The maximum absolute atomic E-state index is 5.81. The van der Waals surface area contributed by atoms with Crippen LogP contribution in [0.5, 0.6) is 0 Å². The van der Waals surface area contributed by atoms with Crippen LogP contribution in [0.2, 0.25) is 0 Å². The molecule has 1 fully saturated rings. The minimum Gasteiger partial charge on any atom is -0.359 e. The molecule has 0 spiro atoms. The third-order valence-corrected chi connectivity index (χ3v) is 3.66. The van der Waals surface area contributed by atoms with Crippen LogP contribution in [-0.2, 0) is 4.74 Å². The number of hydrogen-bond donors (Lipinski definition) is 0. The Hall–Kier alpha value is -1.60. The lowest BCUT2D eigenvalue weighted by Gasteiger charge is -2.17. The van der Waals surface area contributed by atoms with E-state index in [0.717, 1.165) is 0 Å². The van der Waals surface area contributed by atoms with Gasteiger partial charge in [0.15, 0.2) is 0 Å². The largest absolute Gasteiger partial charge is 0.359 e. The van der Waals surface area contributed by atoms with Crippen molar-refractivity contribution in [3.63, 3.8) is 0 Å². The van der Waals surface area contributed by atoms with Gasteiger partial charge in [0.05, 0.1) is 0 Å². The topological polar surface area (TPSA) is 12.5 Å². The lowest BCUT2D eigenvalue weighted by molar-refractivity contribution is 0.379. The van der Waals surface area contributed by atoms with E-state index in [1.807, 2.05) is 0 Å². The van der Waals surface area contributed by atoms with Crippen molar-refractivity contribution in [2.24, 2.45) is 0 Å². The maximum atomic E-state index is 5.81. The molecule has 1 nitrogen and oxygen atoms in total. The molecule has 1 aliphatic heterocycles. The summed E-state index contributed by atoms with van der Waals surface area (Å²) in [4.78, 5) is 0. The van der Waals surface area contributed by atoms with Crippen LogP contribution in [-0.4, -0.2) is 0 Å². The Morgan fingerprint density at radius 2 is 1.69 bits per heavy atom. The minimum absolute atomic E-state index is 0.310. The van der Waals surface area contributed by atoms with Crippen molar-refractivity contribution in [3.8, 4) is 11.1 Å². The Labute approximate surface area is 94.7 Å². The monoisotopic (exact) mass is 208 g/mol. The number of ether oxygens (including phenoxy) is 1. The van der Waals surface area contributed by atoms with Crippen LogP contribution in [0.1, 0.15) is 28.9 Å². The first-order chi connectivity index (χ1) is 7.86. The standard InChI is InChI=1S/C15H12O/c1-9-5-4-8-11-10-6-2-3-7-12(10)14-15(16-14)13(9)11/h2-8,14-15H,1H3. The lowest BCUT2D eigenvalue weighted by atomic mass is 9.84. The van der Waals surface area contributed by atoms with Gasteiger partial charge in [-0.15, -0.1) is 0 Å². The zero-order valence-corrected chi connectivity index (χ0v) is 9.10. The average Bonchev–Trinajstić information content (AvgIpc) is 3.09. The van der Waals surface area contributed by atoms with E-state index < -0.39 is 0 Å². The van der Waals surface area contributed by atoms with Crippen LogP contribution in [0.25, 0.3) is 11.1 Å². The molecule has 2 atom stereocenters. The van der Waals surface area contributed by atoms with Crippen molar-refractivity contribution in [3.05, 3.63) is 59.2 Å². The van der Waals surface area contributed by atoms with Crippen molar-refractivity contribution in [1.82, 2.24) is 0 Å². The van der Waals surface area contributed by atoms with Crippen molar-refractivity contribution in [2.45, 2.75) is 19.1 Å². The molecule has 0 bridgehead atoms. The van der Waals surface area contributed by atoms with E-state index >= 15 is 0 Å². The van der Waals surface area contributed by atoms with Gasteiger partial charge < -0.3 is 4.74 Å². The van der Waals surface area contributed by atoms with Gasteiger partial charge in [0.2, 0.25) is 0 Å². The lowest BCUT2D eigenvalue weighted by Crippen LogP contribution is -2.00. The summed E-state index contributed by atoms with van der Waals surface area (Å²) < 4.78 is 5.81. The van der Waals surface area contributed by atoms with Gasteiger partial charge in [-0.1, -0.05) is 42.5 Å². The van der Waals surface area contributed by atoms with Crippen LogP contribution >= 0.6 is 0 Å². The van der Waals surface area contributed by atoms with Crippen LogP contribution in [0.15, 0.2) is 42.5 Å². The molecule has 78 valence electrons. The fourth-order valence-electron chi connectivity index (χ4n) is 2.85. The highest BCUT2D eigenvalue weighted by atomic mass is 16.6. The van der Waals surface area contributed by atoms with E-state index in [-0.39, 0.29) is 0 Å². The van der Waals surface area contributed by atoms with Crippen LogP contribution in [0, 0.1) is 6.92 Å². The van der Waals surface area contributed by atoms with Gasteiger partial charge in [-0.25, -0.2) is 0 Å². The van der Waals surface area contributed by atoms with Crippen LogP contribution < -0.4 is 0 Å². The molecule has 0 N–H and O–H groups in total. The number of fused-ring (bicyclic) bond motifs is 6. The number of rotatable bonds is 0. The zero-order chi connectivity index (χ0) is 10.7. The third-order valence-electron chi connectivity index (χ3n) is 3.66. The fraction of sp³-hybridized carbons (Fsp3) is 0.200. The Morgan fingerprint density at radius 3 is 2.62 bits per heavy atom. The fourth-order valence-corrected chi connectivity index (χ4v) is 2.85. The maximum Gasteiger partial charge on any atom is 0.115 e. The predicted octanol–water partition coefficient (Wildman–Crippen LogP) is 3.79. The molecule has 0 saturated carbocycles. The highest BCUT2D eigenvalue weighted by Crippen LogP contribution is 2.59. The summed E-state index contributed by atoms with van der Waals surface area (Å²) in [5.41, 5.74) is 6.80. The molecule has 0 aromatic heterocycles. The first-order valence-electron chi connectivity index (χ1n) is 5.70. The molecule has 0 amide bonds. The Kier molecular flexibility index (Phi) is 1.46. The number of hydrogen-bond acceptors (Lipinski definition) is 1. The number of benzene rings is 2. The summed E-state index contributed by atoms with van der Waals surface area (Å²) in [5, 5.41) is 0. The summed E-state index contributed by atoms with van der Waals surface area (Å²) in [6.07, 6.45) is 0.621. The van der Waals surface area contributed by atoms with Crippen molar-refractivity contribution >= 4 is 0 Å². The number of epoxide rings is 1. The van der Waals surface area contributed by atoms with Gasteiger partial charge in [0, 0.05) is 0 Å². The highest BCUT2D eigenvalue weighted by molar-refractivity contribution is 5.76. The predicted molar refractivity (Wildman–Crippen MR) is 63.2 cm³/mol. The van der Waals surface area contributed by atoms with Gasteiger partial charge in [-0.05, 0) is 34.7 Å². The average molecular weight is 208 g/mol. The van der Waals surface area contributed by atoms with E-state index in [4.69, 9.17) is 4.74 Å². The molecule has 1 heteroatoms. The van der Waals surface area contributed by atoms with Crippen molar-refractivity contribution < 1.29 is 4.74 Å². The second-order valence-electron chi connectivity index (χ2n) is 4.60. The molecule has 4 rings (SSSR count). The summed E-state index contributed by atoms with van der Waals surface area (Å²) in [5.74, 6) is 0. The molecule has 2 aliphatic rings. The van der Waals surface area contributed by atoms with Crippen molar-refractivity contribution in [1.29, 1.82) is 0 Å². The van der Waals surface area contributed by atoms with Gasteiger partial charge in [-0.3, -0.25) is 0 Å². The summed E-state index contributed by atoms with van der Waals surface area (Å²) in [7, 11) is 0. The summed E-state index contributed by atoms with van der Waals surface area (Å²) >= 11 is 0. The summed E-state index contributed by atoms with van der Waals surface area (Å²) in [6.45, 7) is 2.17.